The van der Waals surface area contributed by atoms with Crippen molar-refractivity contribution >= 4 is 95.3 Å². The number of hydrogen-bond donors (Lipinski definition) is 0. The maximum atomic E-state index is 14.5. The van der Waals surface area contributed by atoms with E-state index < -0.39 is 72.5 Å². The molecule has 0 N–H and O–H groups in total. The number of hydrogen-bond acceptors (Lipinski definition) is 0. The summed E-state index contributed by atoms with van der Waals surface area (Å²) in [4.78, 5) is 0. The summed E-state index contributed by atoms with van der Waals surface area (Å²) in [5.74, 6) is -4.52. The first-order chi connectivity index (χ1) is 45.0. The second-order valence-electron chi connectivity index (χ2n) is 22.5. The van der Waals surface area contributed by atoms with Crippen LogP contribution in [0.5, 0.6) is 0 Å². The molecule has 0 aliphatic heterocycles. The van der Waals surface area contributed by atoms with E-state index in [4.69, 9.17) is 0 Å². The van der Waals surface area contributed by atoms with E-state index in [1.165, 1.54) is 104 Å². The molecule has 0 saturated carbocycles. The van der Waals surface area contributed by atoms with E-state index in [1.54, 1.807) is 25.1 Å². The zero-order chi connectivity index (χ0) is 67.2. The third-order valence-corrected chi connectivity index (χ3v) is 24.9. The zero-order valence-corrected chi connectivity index (χ0v) is 56.1. The third-order valence-electron chi connectivity index (χ3n) is 15.0. The minimum absolute atomic E-state index is 0.0374. The molecule has 12 aromatic rings. The maximum Gasteiger partial charge on any atom is 0.416 e. The van der Waals surface area contributed by atoms with Crippen molar-refractivity contribution in [2.24, 2.45) is 0 Å². The first kappa shape index (κ1) is 70.0. The highest BCUT2D eigenvalue weighted by atomic mass is 31.1. The van der Waals surface area contributed by atoms with Gasteiger partial charge in [-0.1, -0.05) is 228 Å². The van der Waals surface area contributed by atoms with Crippen LogP contribution in [0.25, 0.3) is 0 Å². The fourth-order valence-electron chi connectivity index (χ4n) is 9.99. The number of alkyl halides is 3. The highest BCUT2D eigenvalue weighted by Gasteiger charge is 2.31. The van der Waals surface area contributed by atoms with Gasteiger partial charge in [0.15, 0.2) is 0 Å². The normalized spacial score (nSPS) is 11.2. The molecule has 0 bridgehead atoms. The number of halogens is 10. The molecule has 0 atom stereocenters. The van der Waals surface area contributed by atoms with Crippen LogP contribution >= 0.6 is 31.7 Å². The van der Waals surface area contributed by atoms with Gasteiger partial charge in [0.1, 0.15) is 40.7 Å². The molecule has 0 spiro atoms. The molecule has 0 radical (unpaired) electrons. The lowest BCUT2D eigenvalue weighted by molar-refractivity contribution is -0.137. The van der Waals surface area contributed by atoms with E-state index in [-0.39, 0.29) is 27.5 Å². The standard InChI is InChI=1S/C21H18F3P.C21H21P.C19H12F5P.C19H15F2P/c1-15-3-9-18(10-4-15)25(19-11-5-16(2)6-12-19)20-13-7-17(8-14-20)21(22,23)24;1-16-4-10-19(11-5-16)22(20-12-6-17(2)7-13-20)21-14-8-18(3)9-15-21;1-11-2-5-17(14(22)8-11)25(18-6-3-12(20)9-15(18)23)19-7-4-13(21)10-16(19)24;1-14-2-8-17(9-3-14)22(18-10-4-15(20)5-11-18)19-12-6-16(21)7-13-19/h3-14H,1-2H3;4-15H,1-3H3;2-10H,1H3;2-13H,1H3. The van der Waals surface area contributed by atoms with Crippen LogP contribution in [-0.2, 0) is 6.18 Å². The van der Waals surface area contributed by atoms with Crippen molar-refractivity contribution in [1.82, 2.24) is 0 Å². The third kappa shape index (κ3) is 18.7. The van der Waals surface area contributed by atoms with Gasteiger partial charge >= 0.3 is 6.18 Å². The van der Waals surface area contributed by atoms with Crippen LogP contribution in [0, 0.1) is 89.2 Å². The van der Waals surface area contributed by atoms with Crippen LogP contribution in [0.15, 0.2) is 273 Å². The predicted octanol–water partition coefficient (Wildman–Crippen LogP) is 17.9. The Labute approximate surface area is 549 Å². The van der Waals surface area contributed by atoms with Crippen LogP contribution in [0.4, 0.5) is 43.9 Å². The van der Waals surface area contributed by atoms with Crippen LogP contribution in [0.1, 0.15) is 44.5 Å². The van der Waals surface area contributed by atoms with Gasteiger partial charge in [-0.15, -0.1) is 0 Å². The molecule has 0 aromatic heterocycles. The fourth-order valence-corrected chi connectivity index (χ4v) is 19.0. The Hall–Kier alpha value is -8.34. The SMILES string of the molecule is Cc1ccc(P(c2ccc(C)cc2)c2ccc(C(F)(F)F)cc2)cc1.Cc1ccc(P(c2ccc(C)cc2)c2ccc(C)cc2)cc1.Cc1ccc(P(c2ccc(F)cc2)c2ccc(F)cc2)cc1.Cc1ccc(P(c2ccc(F)cc2F)c2ccc(F)cc2F)c(F)c1. The molecule has 0 heterocycles. The van der Waals surface area contributed by atoms with Gasteiger partial charge < -0.3 is 0 Å². The summed E-state index contributed by atoms with van der Waals surface area (Å²) < 4.78 is 135. The summed E-state index contributed by atoms with van der Waals surface area (Å²) in [6.07, 6.45) is -4.31. The van der Waals surface area contributed by atoms with Crippen molar-refractivity contribution in [2.75, 3.05) is 0 Å². The quantitative estimate of drug-likeness (QED) is 0.0845. The van der Waals surface area contributed by atoms with Gasteiger partial charge in [0.05, 0.1) is 5.56 Å². The van der Waals surface area contributed by atoms with Gasteiger partial charge in [-0.05, 0) is 200 Å². The summed E-state index contributed by atoms with van der Waals surface area (Å²) in [7, 11) is -4.19. The molecule has 12 aromatic carbocycles. The average molecular weight is 1340 g/mol. The van der Waals surface area contributed by atoms with Crippen LogP contribution < -0.4 is 63.7 Å². The molecule has 476 valence electrons. The Morgan fingerprint density at radius 2 is 0.394 bits per heavy atom. The van der Waals surface area contributed by atoms with E-state index in [0.717, 1.165) is 49.8 Å². The molecule has 12 rings (SSSR count). The molecule has 0 aliphatic carbocycles. The van der Waals surface area contributed by atoms with Gasteiger partial charge in [-0.3, -0.25) is 0 Å². The molecule has 94 heavy (non-hydrogen) atoms. The van der Waals surface area contributed by atoms with Gasteiger partial charge in [-0.25, -0.2) is 30.7 Å². The summed E-state index contributed by atoms with van der Waals surface area (Å²) in [5.41, 5.74) is 7.49. The van der Waals surface area contributed by atoms with E-state index in [2.05, 4.69) is 142 Å². The van der Waals surface area contributed by atoms with Crippen molar-refractivity contribution in [3.63, 3.8) is 0 Å². The molecule has 0 amide bonds. The molecular weight excluding hydrogens is 1270 g/mol. The summed E-state index contributed by atoms with van der Waals surface area (Å²) in [5, 5.41) is 10.7. The molecular formula is C80H66F10P4. The molecule has 0 saturated heterocycles. The van der Waals surface area contributed by atoms with E-state index in [0.29, 0.717) is 17.7 Å². The molecule has 0 fully saturated rings. The Balaban J connectivity index is 0.000000148. The van der Waals surface area contributed by atoms with E-state index in [1.807, 2.05) is 69.3 Å². The second kappa shape index (κ2) is 32.2. The lowest BCUT2D eigenvalue weighted by Gasteiger charge is -2.21. The smallest absolute Gasteiger partial charge is 0.207 e. The highest BCUT2D eigenvalue weighted by Crippen LogP contribution is 2.39. The monoisotopic (exact) mass is 1340 g/mol. The van der Waals surface area contributed by atoms with E-state index in [9.17, 15) is 43.9 Å². The first-order valence-corrected chi connectivity index (χ1v) is 35.3. The van der Waals surface area contributed by atoms with Crippen molar-refractivity contribution in [3.05, 3.63) is 358 Å². The van der Waals surface area contributed by atoms with Crippen molar-refractivity contribution in [1.29, 1.82) is 0 Å². The first-order valence-electron chi connectivity index (χ1n) is 29.9. The Bertz CT molecular complexity index is 3890. The number of benzene rings is 12. The van der Waals surface area contributed by atoms with Crippen LogP contribution in [-0.4, -0.2) is 0 Å². The second-order valence-corrected chi connectivity index (χ2v) is 31.3. The Morgan fingerprint density at radius 1 is 0.202 bits per heavy atom. The maximum absolute atomic E-state index is 14.5. The molecule has 14 heteroatoms. The number of aryl methyl sites for hydroxylation is 7. The lowest BCUT2D eigenvalue weighted by Crippen LogP contribution is -2.27. The molecule has 0 unspecified atom stereocenters. The minimum Gasteiger partial charge on any atom is -0.207 e. The van der Waals surface area contributed by atoms with Crippen molar-refractivity contribution in [3.8, 4) is 0 Å². The van der Waals surface area contributed by atoms with Crippen LogP contribution in [0.2, 0.25) is 0 Å². The predicted molar refractivity (Wildman–Crippen MR) is 378 cm³/mol. The van der Waals surface area contributed by atoms with Gasteiger partial charge in [0, 0.05) is 28.0 Å². The van der Waals surface area contributed by atoms with Gasteiger partial charge in [0.2, 0.25) is 0 Å². The van der Waals surface area contributed by atoms with Gasteiger partial charge in [0.25, 0.3) is 0 Å². The summed E-state index contributed by atoms with van der Waals surface area (Å²) >= 11 is 0. The fraction of sp³-hybridized carbons (Fsp3) is 0.100. The molecule has 0 nitrogen and oxygen atoms in total. The van der Waals surface area contributed by atoms with Crippen LogP contribution in [0.3, 0.4) is 0 Å². The van der Waals surface area contributed by atoms with Crippen molar-refractivity contribution in [2.45, 2.75) is 54.6 Å². The van der Waals surface area contributed by atoms with Crippen molar-refractivity contribution < 1.29 is 43.9 Å². The molecule has 0 aliphatic rings. The summed E-state index contributed by atoms with van der Waals surface area (Å²) in [6.45, 7) is 14.2. The Kier molecular flexibility index (Phi) is 24.0. The lowest BCUT2D eigenvalue weighted by atomic mass is 10.2. The minimum atomic E-state index is -4.31. The summed E-state index contributed by atoms with van der Waals surface area (Å²) in [6, 6.07) is 80.5. The average Bonchev–Trinajstić information content (AvgIpc) is 0.806. The number of rotatable bonds is 12. The highest BCUT2D eigenvalue weighted by molar-refractivity contribution is 7.81. The topological polar surface area (TPSA) is 0 Å². The Morgan fingerprint density at radius 3 is 0.617 bits per heavy atom. The van der Waals surface area contributed by atoms with E-state index >= 15 is 0 Å². The zero-order valence-electron chi connectivity index (χ0n) is 52.5. The largest absolute Gasteiger partial charge is 0.416 e. The van der Waals surface area contributed by atoms with Gasteiger partial charge in [-0.2, -0.15) is 13.2 Å².